The summed E-state index contributed by atoms with van der Waals surface area (Å²) in [5.74, 6) is -0.690. The van der Waals surface area contributed by atoms with E-state index >= 15 is 0 Å². The van der Waals surface area contributed by atoms with E-state index < -0.39 is 15.9 Å². The summed E-state index contributed by atoms with van der Waals surface area (Å²) in [6.07, 6.45) is 3.12. The molecule has 1 N–H and O–H groups in total. The summed E-state index contributed by atoms with van der Waals surface area (Å²) in [7, 11) is -4.11. The molecule has 3 rings (SSSR count). The van der Waals surface area contributed by atoms with Crippen molar-refractivity contribution in [3.05, 3.63) is 64.4 Å². The van der Waals surface area contributed by atoms with Gasteiger partial charge in [-0.05, 0) is 30.3 Å². The molecule has 24 heavy (non-hydrogen) atoms. The summed E-state index contributed by atoms with van der Waals surface area (Å²) >= 11 is 11.7. The molecule has 6 nitrogen and oxygen atoms in total. The number of hydrogen-bond donors (Lipinski definition) is 1. The highest BCUT2D eigenvalue weighted by Gasteiger charge is 2.22. The number of carbonyl (C=O) groups is 1. The molecule has 0 unspecified atom stereocenters. The van der Waals surface area contributed by atoms with Crippen LogP contribution in [0.15, 0.2) is 53.7 Å². The monoisotopic (exact) mass is 383 g/mol. The molecule has 0 spiro atoms. The molecule has 0 atom stereocenters. The van der Waals surface area contributed by atoms with E-state index in [9.17, 15) is 13.2 Å². The number of amides is 1. The van der Waals surface area contributed by atoms with E-state index in [2.05, 4.69) is 5.10 Å². The van der Waals surface area contributed by atoms with E-state index in [1.807, 2.05) is 4.72 Å². The van der Waals surface area contributed by atoms with Crippen molar-refractivity contribution >= 4 is 44.6 Å². The van der Waals surface area contributed by atoms with Gasteiger partial charge in [0.2, 0.25) is 5.91 Å². The Bertz CT molecular complexity index is 1030. The Hall–Kier alpha value is -2.09. The van der Waals surface area contributed by atoms with Crippen molar-refractivity contribution < 1.29 is 13.2 Å². The second kappa shape index (κ2) is 6.43. The second-order valence-corrected chi connectivity index (χ2v) is 7.47. The lowest BCUT2D eigenvalue weighted by molar-refractivity contribution is -0.118. The number of halogens is 2. The van der Waals surface area contributed by atoms with Crippen LogP contribution in [0.4, 0.5) is 0 Å². The van der Waals surface area contributed by atoms with Crippen molar-refractivity contribution in [3.63, 3.8) is 0 Å². The fourth-order valence-corrected chi connectivity index (χ4v) is 3.97. The standard InChI is InChI=1S/C15H11Cl2N3O3S/c16-11-4-5-12(17)14(8-11)24(22,23)19-15(21)7-10-9-18-20-6-2-1-3-13(10)20/h1-6,8-9H,7H2,(H,19,21). The van der Waals surface area contributed by atoms with Gasteiger partial charge in [-0.15, -0.1) is 0 Å². The quantitative estimate of drug-likeness (QED) is 0.750. The van der Waals surface area contributed by atoms with E-state index in [-0.39, 0.29) is 21.4 Å². The largest absolute Gasteiger partial charge is 0.274 e. The van der Waals surface area contributed by atoms with Crippen molar-refractivity contribution in [2.75, 3.05) is 0 Å². The zero-order valence-electron chi connectivity index (χ0n) is 12.1. The Morgan fingerprint density at radius 3 is 2.79 bits per heavy atom. The van der Waals surface area contributed by atoms with Crippen LogP contribution in [-0.4, -0.2) is 23.9 Å². The van der Waals surface area contributed by atoms with Crippen LogP contribution in [0, 0.1) is 0 Å². The Labute approximate surface area is 148 Å². The maximum absolute atomic E-state index is 12.3. The molecule has 9 heteroatoms. The zero-order chi connectivity index (χ0) is 17.3. The van der Waals surface area contributed by atoms with Crippen molar-refractivity contribution in [2.24, 2.45) is 0 Å². The molecule has 0 aliphatic heterocycles. The molecule has 0 saturated carbocycles. The van der Waals surface area contributed by atoms with Gasteiger partial charge in [-0.1, -0.05) is 29.3 Å². The Morgan fingerprint density at radius 1 is 1.21 bits per heavy atom. The number of benzene rings is 1. The number of nitrogens with one attached hydrogen (secondary N) is 1. The van der Waals surface area contributed by atoms with Crippen LogP contribution in [0.1, 0.15) is 5.56 Å². The molecule has 0 saturated heterocycles. The van der Waals surface area contributed by atoms with Crippen LogP contribution in [0.25, 0.3) is 5.52 Å². The van der Waals surface area contributed by atoms with Crippen molar-refractivity contribution in [1.82, 2.24) is 14.3 Å². The second-order valence-electron chi connectivity index (χ2n) is 4.98. The number of aromatic nitrogens is 2. The number of rotatable bonds is 4. The van der Waals surface area contributed by atoms with Gasteiger partial charge in [0, 0.05) is 16.8 Å². The summed E-state index contributed by atoms with van der Waals surface area (Å²) in [5.41, 5.74) is 1.34. The van der Waals surface area contributed by atoms with Gasteiger partial charge in [0.1, 0.15) is 4.90 Å². The maximum Gasteiger partial charge on any atom is 0.265 e. The number of hydrogen-bond acceptors (Lipinski definition) is 4. The van der Waals surface area contributed by atoms with Crippen molar-refractivity contribution in [2.45, 2.75) is 11.3 Å². The van der Waals surface area contributed by atoms with Gasteiger partial charge in [0.15, 0.2) is 0 Å². The topological polar surface area (TPSA) is 80.5 Å². The Kier molecular flexibility index (Phi) is 4.49. The molecular formula is C15H11Cl2N3O3S. The first-order valence-electron chi connectivity index (χ1n) is 6.79. The lowest BCUT2D eigenvalue weighted by Gasteiger charge is -2.08. The highest BCUT2D eigenvalue weighted by atomic mass is 35.5. The number of carbonyl (C=O) groups excluding carboxylic acids is 1. The molecule has 0 bridgehead atoms. The molecule has 0 radical (unpaired) electrons. The van der Waals surface area contributed by atoms with E-state index in [0.717, 1.165) is 5.52 Å². The third-order valence-corrected chi connectivity index (χ3v) is 5.38. The lowest BCUT2D eigenvalue weighted by Crippen LogP contribution is -2.32. The fourth-order valence-electron chi connectivity index (χ4n) is 2.22. The zero-order valence-corrected chi connectivity index (χ0v) is 14.4. The predicted molar refractivity (Wildman–Crippen MR) is 90.7 cm³/mol. The minimum Gasteiger partial charge on any atom is -0.274 e. The maximum atomic E-state index is 12.3. The first-order valence-corrected chi connectivity index (χ1v) is 9.03. The molecule has 2 aromatic heterocycles. The third kappa shape index (κ3) is 3.38. The summed E-state index contributed by atoms with van der Waals surface area (Å²) < 4.78 is 28.2. The normalized spacial score (nSPS) is 11.6. The van der Waals surface area contributed by atoms with Crippen molar-refractivity contribution in [1.29, 1.82) is 0 Å². The van der Waals surface area contributed by atoms with Gasteiger partial charge in [-0.2, -0.15) is 5.10 Å². The molecule has 124 valence electrons. The van der Waals surface area contributed by atoms with E-state index in [1.165, 1.54) is 24.4 Å². The van der Waals surface area contributed by atoms with Crippen LogP contribution in [-0.2, 0) is 21.2 Å². The predicted octanol–water partition coefficient (Wildman–Crippen LogP) is 2.69. The highest BCUT2D eigenvalue weighted by Crippen LogP contribution is 2.24. The van der Waals surface area contributed by atoms with Crippen LogP contribution in [0.5, 0.6) is 0 Å². The van der Waals surface area contributed by atoms with E-state index in [4.69, 9.17) is 23.2 Å². The van der Waals surface area contributed by atoms with Crippen LogP contribution in [0.2, 0.25) is 10.0 Å². The van der Waals surface area contributed by atoms with Gasteiger partial charge in [0.25, 0.3) is 10.0 Å². The van der Waals surface area contributed by atoms with Crippen molar-refractivity contribution in [3.8, 4) is 0 Å². The molecule has 2 heterocycles. The van der Waals surface area contributed by atoms with Gasteiger partial charge in [-0.3, -0.25) is 4.79 Å². The van der Waals surface area contributed by atoms with Gasteiger partial charge < -0.3 is 0 Å². The molecular weight excluding hydrogens is 373 g/mol. The minimum atomic E-state index is -4.11. The Balaban J connectivity index is 1.82. The average molecular weight is 384 g/mol. The Morgan fingerprint density at radius 2 is 2.00 bits per heavy atom. The first-order chi connectivity index (χ1) is 11.4. The lowest BCUT2D eigenvalue weighted by atomic mass is 10.2. The third-order valence-electron chi connectivity index (χ3n) is 3.29. The molecule has 1 aromatic carbocycles. The van der Waals surface area contributed by atoms with Crippen LogP contribution < -0.4 is 4.72 Å². The first kappa shape index (κ1) is 16.8. The molecule has 0 fully saturated rings. The number of sulfonamides is 1. The highest BCUT2D eigenvalue weighted by molar-refractivity contribution is 7.90. The average Bonchev–Trinajstić information content (AvgIpc) is 2.92. The number of fused-ring (bicyclic) bond motifs is 1. The summed E-state index contributed by atoms with van der Waals surface area (Å²) in [5, 5.41) is 4.29. The minimum absolute atomic E-state index is 0.0179. The SMILES string of the molecule is O=C(Cc1cnn2ccccc12)NS(=O)(=O)c1cc(Cl)ccc1Cl. The van der Waals surface area contributed by atoms with Crippen LogP contribution in [0.3, 0.4) is 0 Å². The summed E-state index contributed by atoms with van der Waals surface area (Å²) in [6.45, 7) is 0. The van der Waals surface area contributed by atoms with Gasteiger partial charge >= 0.3 is 0 Å². The molecule has 0 aliphatic carbocycles. The van der Waals surface area contributed by atoms with Gasteiger partial charge in [0.05, 0.1) is 23.2 Å². The molecule has 1 amide bonds. The van der Waals surface area contributed by atoms with Gasteiger partial charge in [-0.25, -0.2) is 17.7 Å². The van der Waals surface area contributed by atoms with E-state index in [1.54, 1.807) is 28.9 Å². The smallest absolute Gasteiger partial charge is 0.265 e. The molecule has 3 aromatic rings. The van der Waals surface area contributed by atoms with Crippen LogP contribution >= 0.6 is 23.2 Å². The van der Waals surface area contributed by atoms with E-state index in [0.29, 0.717) is 5.56 Å². The summed E-state index contributed by atoms with van der Waals surface area (Å²) in [4.78, 5) is 11.9. The summed E-state index contributed by atoms with van der Waals surface area (Å²) in [6, 6.07) is 9.40. The molecule has 0 aliphatic rings. The fraction of sp³-hybridized carbons (Fsp3) is 0.0667. The number of nitrogens with zero attached hydrogens (tertiary/aromatic N) is 2. The number of pyridine rings is 1.